The van der Waals surface area contributed by atoms with Gasteiger partial charge in [0.15, 0.2) is 0 Å². The highest BCUT2D eigenvalue weighted by Gasteiger charge is 2.28. The molecule has 2 aliphatic rings. The van der Waals surface area contributed by atoms with Crippen molar-refractivity contribution in [3.05, 3.63) is 21.4 Å². The van der Waals surface area contributed by atoms with Crippen molar-refractivity contribution < 1.29 is 14.4 Å². The Hall–Kier alpha value is -1.89. The van der Waals surface area contributed by atoms with E-state index < -0.39 is 0 Å². The second-order valence-corrected chi connectivity index (χ2v) is 8.95. The maximum Gasteiger partial charge on any atom is 0.279 e. The largest absolute Gasteiger partial charge is 0.342 e. The van der Waals surface area contributed by atoms with Gasteiger partial charge in [0, 0.05) is 29.8 Å². The molecule has 2 N–H and O–H groups in total. The number of nitrogens with zero attached hydrogens (tertiary/aromatic N) is 1. The van der Waals surface area contributed by atoms with Crippen LogP contribution in [0.5, 0.6) is 0 Å². The summed E-state index contributed by atoms with van der Waals surface area (Å²) in [7, 11) is 0. The van der Waals surface area contributed by atoms with E-state index in [4.69, 9.17) is 0 Å². The number of aryl methyl sites for hydroxylation is 2. The second kappa shape index (κ2) is 8.87. The Morgan fingerprint density at radius 3 is 2.48 bits per heavy atom. The van der Waals surface area contributed by atoms with Crippen LogP contribution in [0.25, 0.3) is 0 Å². The Morgan fingerprint density at radius 1 is 1.07 bits per heavy atom. The summed E-state index contributed by atoms with van der Waals surface area (Å²) in [4.78, 5) is 40.6. The molecular weight excluding hydrogens is 362 g/mol. The normalized spacial score (nSPS) is 18.0. The van der Waals surface area contributed by atoms with E-state index >= 15 is 0 Å². The van der Waals surface area contributed by atoms with Gasteiger partial charge < -0.3 is 4.90 Å². The van der Waals surface area contributed by atoms with E-state index in [1.807, 2.05) is 24.8 Å². The van der Waals surface area contributed by atoms with Gasteiger partial charge in [-0.25, -0.2) is 0 Å². The van der Waals surface area contributed by atoms with Crippen molar-refractivity contribution in [3.63, 3.8) is 0 Å². The average molecular weight is 392 g/mol. The number of amides is 3. The van der Waals surface area contributed by atoms with E-state index in [2.05, 4.69) is 10.9 Å². The van der Waals surface area contributed by atoms with Gasteiger partial charge in [0.25, 0.3) is 5.91 Å². The number of carbonyl (C=O) groups is 3. The molecule has 3 rings (SSSR count). The number of nitrogens with one attached hydrogen (secondary N) is 2. The van der Waals surface area contributed by atoms with Crippen LogP contribution in [0.3, 0.4) is 0 Å². The minimum atomic E-state index is -0.242. The van der Waals surface area contributed by atoms with E-state index in [9.17, 15) is 14.4 Å². The topological polar surface area (TPSA) is 78.5 Å². The summed E-state index contributed by atoms with van der Waals surface area (Å²) < 4.78 is 0. The van der Waals surface area contributed by atoms with Gasteiger partial charge in [-0.2, -0.15) is 0 Å². The van der Waals surface area contributed by atoms with Crippen LogP contribution in [0, 0.1) is 11.8 Å². The lowest BCUT2D eigenvalue weighted by molar-refractivity contribution is -0.138. The number of piperidine rings is 1. The summed E-state index contributed by atoms with van der Waals surface area (Å²) >= 11 is 1.54. The first-order valence-corrected chi connectivity index (χ1v) is 10.8. The number of fused-ring (bicyclic) bond motifs is 1. The van der Waals surface area contributed by atoms with E-state index in [1.165, 1.54) is 29.7 Å². The molecule has 27 heavy (non-hydrogen) atoms. The highest BCUT2D eigenvalue weighted by atomic mass is 32.1. The van der Waals surface area contributed by atoms with Crippen LogP contribution in [-0.4, -0.2) is 35.7 Å². The number of hydrogen-bond donors (Lipinski definition) is 2. The minimum absolute atomic E-state index is 0.0180. The van der Waals surface area contributed by atoms with Gasteiger partial charge in [-0.15, -0.1) is 11.3 Å². The summed E-state index contributed by atoms with van der Waals surface area (Å²) in [5.74, 6) is -0.455. The van der Waals surface area contributed by atoms with Crippen LogP contribution in [-0.2, 0) is 22.4 Å². The van der Waals surface area contributed by atoms with Crippen molar-refractivity contribution in [2.75, 3.05) is 13.1 Å². The SMILES string of the molecule is CC(C)C(=O)N1CCC(C(=O)NNC(=O)c2cc3c(s2)CCCCC3)CC1. The van der Waals surface area contributed by atoms with Crippen molar-refractivity contribution in [2.24, 2.45) is 11.8 Å². The molecule has 0 bridgehead atoms. The fourth-order valence-corrected chi connectivity index (χ4v) is 4.94. The zero-order valence-corrected chi connectivity index (χ0v) is 17.0. The number of hydrazine groups is 1. The molecule has 0 spiro atoms. The number of thiophene rings is 1. The molecule has 1 aromatic rings. The fraction of sp³-hybridized carbons (Fsp3) is 0.650. The van der Waals surface area contributed by atoms with E-state index in [1.54, 1.807) is 11.3 Å². The highest BCUT2D eigenvalue weighted by molar-refractivity contribution is 7.14. The maximum absolute atomic E-state index is 12.4. The van der Waals surface area contributed by atoms with Gasteiger partial charge in [0.05, 0.1) is 4.88 Å². The van der Waals surface area contributed by atoms with Crippen LogP contribution in [0.4, 0.5) is 0 Å². The van der Waals surface area contributed by atoms with Crippen LogP contribution in [0.2, 0.25) is 0 Å². The molecule has 0 saturated carbocycles. The third-order valence-corrected chi connectivity index (χ3v) is 6.68. The third kappa shape index (κ3) is 4.89. The fourth-order valence-electron chi connectivity index (χ4n) is 3.79. The molecule has 6 nitrogen and oxygen atoms in total. The molecule has 1 aliphatic carbocycles. The number of carbonyl (C=O) groups excluding carboxylic acids is 3. The van der Waals surface area contributed by atoms with Crippen molar-refractivity contribution in [2.45, 2.75) is 58.8 Å². The molecule has 0 unspecified atom stereocenters. The van der Waals surface area contributed by atoms with Crippen LogP contribution >= 0.6 is 11.3 Å². The van der Waals surface area contributed by atoms with E-state index in [0.29, 0.717) is 30.8 Å². The molecule has 1 fully saturated rings. The molecule has 0 aromatic carbocycles. The molecule has 2 heterocycles. The summed E-state index contributed by atoms with van der Waals surface area (Å²) in [5.41, 5.74) is 6.43. The first-order valence-electron chi connectivity index (χ1n) is 9.96. The van der Waals surface area contributed by atoms with Gasteiger partial charge in [-0.1, -0.05) is 20.3 Å². The number of likely N-dealkylation sites (tertiary alicyclic amines) is 1. The molecule has 3 amide bonds. The Morgan fingerprint density at radius 2 is 1.78 bits per heavy atom. The molecular formula is C20H29N3O3S. The van der Waals surface area contributed by atoms with Gasteiger partial charge in [0.2, 0.25) is 11.8 Å². The summed E-state index contributed by atoms with van der Waals surface area (Å²) in [6.45, 7) is 4.98. The predicted octanol–water partition coefficient (Wildman–Crippen LogP) is 2.67. The molecule has 1 saturated heterocycles. The Kier molecular flexibility index (Phi) is 6.52. The molecule has 148 valence electrons. The Labute approximate surface area is 164 Å². The molecule has 0 radical (unpaired) electrons. The first kappa shape index (κ1) is 19.9. The smallest absolute Gasteiger partial charge is 0.279 e. The molecule has 1 aromatic heterocycles. The van der Waals surface area contributed by atoms with E-state index in [-0.39, 0.29) is 29.6 Å². The lowest BCUT2D eigenvalue weighted by Gasteiger charge is -2.32. The molecule has 0 atom stereocenters. The zero-order chi connectivity index (χ0) is 19.4. The summed E-state index contributed by atoms with van der Waals surface area (Å²) in [6.07, 6.45) is 6.97. The lowest BCUT2D eigenvalue weighted by atomic mass is 9.95. The van der Waals surface area contributed by atoms with Gasteiger partial charge in [-0.3, -0.25) is 25.2 Å². The van der Waals surface area contributed by atoms with Crippen LogP contribution in [0.15, 0.2) is 6.07 Å². The maximum atomic E-state index is 12.4. The summed E-state index contributed by atoms with van der Waals surface area (Å²) in [6, 6.07) is 1.98. The first-order chi connectivity index (χ1) is 13.0. The predicted molar refractivity (Wildman–Crippen MR) is 105 cm³/mol. The monoisotopic (exact) mass is 391 g/mol. The van der Waals surface area contributed by atoms with Crippen molar-refractivity contribution in [3.8, 4) is 0 Å². The quantitative estimate of drug-likeness (QED) is 0.614. The van der Waals surface area contributed by atoms with Crippen LogP contribution < -0.4 is 10.9 Å². The Bertz CT molecular complexity index is 682. The number of hydrogen-bond acceptors (Lipinski definition) is 4. The van der Waals surface area contributed by atoms with Crippen LogP contribution in [0.1, 0.15) is 66.1 Å². The molecule has 1 aliphatic heterocycles. The standard InChI is InChI=1S/C20H29N3O3S/c1-13(2)20(26)23-10-8-14(9-11-23)18(24)21-22-19(25)17-12-15-6-4-3-5-7-16(15)27-17/h12-14H,3-11H2,1-2H3,(H,21,24)(H,22,25). The molecule has 7 heteroatoms. The van der Waals surface area contributed by atoms with Crippen molar-refractivity contribution in [1.82, 2.24) is 15.8 Å². The van der Waals surface area contributed by atoms with Gasteiger partial charge >= 0.3 is 0 Å². The van der Waals surface area contributed by atoms with Crippen molar-refractivity contribution in [1.29, 1.82) is 0 Å². The highest BCUT2D eigenvalue weighted by Crippen LogP contribution is 2.28. The van der Waals surface area contributed by atoms with E-state index in [0.717, 1.165) is 12.8 Å². The number of rotatable bonds is 3. The van der Waals surface area contributed by atoms with Gasteiger partial charge in [-0.05, 0) is 50.2 Å². The lowest BCUT2D eigenvalue weighted by Crippen LogP contribution is -2.48. The average Bonchev–Trinajstić information content (AvgIpc) is 2.96. The zero-order valence-electron chi connectivity index (χ0n) is 16.2. The van der Waals surface area contributed by atoms with Crippen molar-refractivity contribution >= 4 is 29.1 Å². The minimum Gasteiger partial charge on any atom is -0.342 e. The Balaban J connectivity index is 1.47. The summed E-state index contributed by atoms with van der Waals surface area (Å²) in [5, 5.41) is 0. The second-order valence-electron chi connectivity index (χ2n) is 7.82. The third-order valence-electron chi connectivity index (χ3n) is 5.44. The van der Waals surface area contributed by atoms with Gasteiger partial charge in [0.1, 0.15) is 0 Å².